The number of fused-ring (bicyclic) bond motifs is 2. The Hall–Kier alpha value is -0.120. The molecule has 0 spiro atoms. The van der Waals surface area contributed by atoms with Gasteiger partial charge in [0.1, 0.15) is 0 Å². The van der Waals surface area contributed by atoms with Gasteiger partial charge in [0.2, 0.25) is 0 Å². The molecule has 0 aromatic carbocycles. The van der Waals surface area contributed by atoms with Crippen LogP contribution >= 0.6 is 0 Å². The van der Waals surface area contributed by atoms with Crippen molar-refractivity contribution in [1.29, 1.82) is 0 Å². The average molecular weight is 280 g/mol. The number of rotatable bonds is 5. The van der Waals surface area contributed by atoms with E-state index in [4.69, 9.17) is 4.74 Å². The Bertz CT molecular complexity index is 289. The van der Waals surface area contributed by atoms with Gasteiger partial charge in [-0.25, -0.2) is 0 Å². The van der Waals surface area contributed by atoms with Crippen LogP contribution in [0.2, 0.25) is 0 Å². The SMILES string of the molecule is CCCNC(C1CCCOC1)C1CC2CCC(C1)N2C. The summed E-state index contributed by atoms with van der Waals surface area (Å²) in [5.74, 6) is 1.63. The van der Waals surface area contributed by atoms with Crippen molar-refractivity contribution < 1.29 is 4.74 Å². The third-order valence-electron chi connectivity index (χ3n) is 5.98. The summed E-state index contributed by atoms with van der Waals surface area (Å²) in [4.78, 5) is 2.66. The highest BCUT2D eigenvalue weighted by molar-refractivity contribution is 4.98. The summed E-state index contributed by atoms with van der Waals surface area (Å²) >= 11 is 0. The van der Waals surface area contributed by atoms with Gasteiger partial charge >= 0.3 is 0 Å². The summed E-state index contributed by atoms with van der Waals surface area (Å²) in [6.07, 6.45) is 9.54. The monoisotopic (exact) mass is 280 g/mol. The van der Waals surface area contributed by atoms with Crippen molar-refractivity contribution in [1.82, 2.24) is 10.2 Å². The summed E-state index contributed by atoms with van der Waals surface area (Å²) in [6, 6.07) is 2.41. The van der Waals surface area contributed by atoms with Crippen LogP contribution in [-0.2, 0) is 4.74 Å². The zero-order chi connectivity index (χ0) is 13.9. The fourth-order valence-corrected chi connectivity index (χ4v) is 4.82. The Morgan fingerprint density at radius 3 is 2.50 bits per heavy atom. The molecule has 4 unspecified atom stereocenters. The first-order chi connectivity index (χ1) is 9.79. The molecule has 3 fully saturated rings. The van der Waals surface area contributed by atoms with Gasteiger partial charge in [0.15, 0.2) is 0 Å². The lowest BCUT2D eigenvalue weighted by Gasteiger charge is -2.43. The minimum absolute atomic E-state index is 0.701. The van der Waals surface area contributed by atoms with E-state index in [0.29, 0.717) is 6.04 Å². The second-order valence-electron chi connectivity index (χ2n) is 7.24. The van der Waals surface area contributed by atoms with Gasteiger partial charge in [-0.1, -0.05) is 6.92 Å². The predicted molar refractivity (Wildman–Crippen MR) is 82.9 cm³/mol. The maximum atomic E-state index is 5.77. The van der Waals surface area contributed by atoms with Crippen LogP contribution in [0.15, 0.2) is 0 Å². The van der Waals surface area contributed by atoms with Crippen molar-refractivity contribution in [3.63, 3.8) is 0 Å². The standard InChI is InChI=1S/C17H32N2O/c1-3-8-18-17(13-5-4-9-20-12-13)14-10-15-6-7-16(11-14)19(15)2/h13-18H,3-12H2,1-2H3. The molecule has 3 aliphatic heterocycles. The van der Waals surface area contributed by atoms with Gasteiger partial charge in [-0.05, 0) is 70.4 Å². The molecule has 4 atom stereocenters. The number of nitrogens with one attached hydrogen (secondary N) is 1. The fourth-order valence-electron chi connectivity index (χ4n) is 4.82. The van der Waals surface area contributed by atoms with E-state index in [-0.39, 0.29) is 0 Å². The Kier molecular flexibility index (Phi) is 5.00. The largest absolute Gasteiger partial charge is 0.381 e. The molecule has 2 bridgehead atoms. The maximum absolute atomic E-state index is 5.77. The molecule has 0 aromatic rings. The quantitative estimate of drug-likeness (QED) is 0.838. The molecule has 3 heteroatoms. The van der Waals surface area contributed by atoms with Gasteiger partial charge in [-0.2, -0.15) is 0 Å². The van der Waals surface area contributed by atoms with E-state index in [2.05, 4.69) is 24.2 Å². The smallest absolute Gasteiger partial charge is 0.0509 e. The molecule has 3 saturated heterocycles. The number of nitrogens with zero attached hydrogens (tertiary/aromatic N) is 1. The lowest BCUT2D eigenvalue weighted by Crippen LogP contribution is -2.51. The predicted octanol–water partition coefficient (Wildman–Crippen LogP) is 2.65. The molecular weight excluding hydrogens is 248 g/mol. The average Bonchev–Trinajstić information content (AvgIpc) is 2.70. The molecule has 3 rings (SSSR count). The van der Waals surface area contributed by atoms with Gasteiger partial charge in [0, 0.05) is 24.7 Å². The van der Waals surface area contributed by atoms with Crippen LogP contribution in [0.25, 0.3) is 0 Å². The molecule has 0 radical (unpaired) electrons. The summed E-state index contributed by atoms with van der Waals surface area (Å²) < 4.78 is 5.77. The van der Waals surface area contributed by atoms with Gasteiger partial charge in [0.05, 0.1) is 6.61 Å². The maximum Gasteiger partial charge on any atom is 0.0509 e. The first-order valence-corrected chi connectivity index (χ1v) is 8.82. The molecule has 0 aromatic heterocycles. The molecule has 116 valence electrons. The molecule has 3 aliphatic rings. The lowest BCUT2D eigenvalue weighted by molar-refractivity contribution is 0.0135. The molecule has 0 saturated carbocycles. The Morgan fingerprint density at radius 2 is 1.90 bits per heavy atom. The van der Waals surface area contributed by atoms with Gasteiger partial charge in [0.25, 0.3) is 0 Å². The van der Waals surface area contributed by atoms with Crippen LogP contribution in [0.4, 0.5) is 0 Å². The summed E-state index contributed by atoms with van der Waals surface area (Å²) in [7, 11) is 2.34. The van der Waals surface area contributed by atoms with Crippen LogP contribution < -0.4 is 5.32 Å². The third kappa shape index (κ3) is 3.05. The van der Waals surface area contributed by atoms with Crippen molar-refractivity contribution in [2.45, 2.75) is 70.0 Å². The van der Waals surface area contributed by atoms with E-state index in [1.54, 1.807) is 0 Å². The van der Waals surface area contributed by atoms with Crippen molar-refractivity contribution >= 4 is 0 Å². The lowest BCUT2D eigenvalue weighted by atomic mass is 9.77. The number of hydrogen-bond donors (Lipinski definition) is 1. The zero-order valence-electron chi connectivity index (χ0n) is 13.3. The third-order valence-corrected chi connectivity index (χ3v) is 5.98. The first kappa shape index (κ1) is 14.8. The van der Waals surface area contributed by atoms with Crippen LogP contribution in [0.3, 0.4) is 0 Å². The molecule has 3 nitrogen and oxygen atoms in total. The van der Waals surface area contributed by atoms with E-state index in [1.165, 1.54) is 51.5 Å². The van der Waals surface area contributed by atoms with E-state index >= 15 is 0 Å². The highest BCUT2D eigenvalue weighted by atomic mass is 16.5. The molecule has 0 amide bonds. The minimum Gasteiger partial charge on any atom is -0.381 e. The van der Waals surface area contributed by atoms with E-state index in [9.17, 15) is 0 Å². The normalized spacial score (nSPS) is 39.9. The summed E-state index contributed by atoms with van der Waals surface area (Å²) in [5, 5.41) is 3.89. The Morgan fingerprint density at radius 1 is 1.15 bits per heavy atom. The van der Waals surface area contributed by atoms with Crippen molar-refractivity contribution in [3.05, 3.63) is 0 Å². The number of hydrogen-bond acceptors (Lipinski definition) is 3. The van der Waals surface area contributed by atoms with Crippen LogP contribution in [-0.4, -0.2) is 49.8 Å². The number of ether oxygens (including phenoxy) is 1. The number of piperidine rings is 1. The molecule has 0 aliphatic carbocycles. The highest BCUT2D eigenvalue weighted by Gasteiger charge is 2.42. The molecule has 20 heavy (non-hydrogen) atoms. The van der Waals surface area contributed by atoms with Crippen LogP contribution in [0.1, 0.15) is 51.9 Å². The topological polar surface area (TPSA) is 24.5 Å². The minimum atomic E-state index is 0.701. The summed E-state index contributed by atoms with van der Waals surface area (Å²) in [6.45, 7) is 5.42. The molecular formula is C17H32N2O. The van der Waals surface area contributed by atoms with Crippen molar-refractivity contribution in [2.75, 3.05) is 26.8 Å². The Labute approximate surface area is 124 Å². The zero-order valence-corrected chi connectivity index (χ0v) is 13.3. The fraction of sp³-hybridized carbons (Fsp3) is 1.00. The van der Waals surface area contributed by atoms with Gasteiger partial charge < -0.3 is 15.0 Å². The van der Waals surface area contributed by atoms with Crippen LogP contribution in [0.5, 0.6) is 0 Å². The van der Waals surface area contributed by atoms with Crippen molar-refractivity contribution in [3.8, 4) is 0 Å². The second kappa shape index (κ2) is 6.76. The van der Waals surface area contributed by atoms with E-state index in [1.807, 2.05) is 0 Å². The second-order valence-corrected chi connectivity index (χ2v) is 7.24. The van der Waals surface area contributed by atoms with E-state index < -0.39 is 0 Å². The highest BCUT2D eigenvalue weighted by Crippen LogP contribution is 2.40. The Balaban J connectivity index is 1.65. The molecule has 3 heterocycles. The van der Waals surface area contributed by atoms with Crippen LogP contribution in [0, 0.1) is 11.8 Å². The van der Waals surface area contributed by atoms with E-state index in [0.717, 1.165) is 37.1 Å². The first-order valence-electron chi connectivity index (χ1n) is 8.82. The van der Waals surface area contributed by atoms with Gasteiger partial charge in [-0.3, -0.25) is 0 Å². The molecule has 1 N–H and O–H groups in total. The van der Waals surface area contributed by atoms with Crippen molar-refractivity contribution in [2.24, 2.45) is 11.8 Å². The summed E-state index contributed by atoms with van der Waals surface area (Å²) in [5.41, 5.74) is 0. The van der Waals surface area contributed by atoms with Gasteiger partial charge in [-0.15, -0.1) is 0 Å².